The predicted octanol–water partition coefficient (Wildman–Crippen LogP) is 0.830. The molecule has 0 saturated carbocycles. The highest BCUT2D eigenvalue weighted by molar-refractivity contribution is 5.89. The van der Waals surface area contributed by atoms with Crippen molar-refractivity contribution in [2.45, 2.75) is 12.5 Å². The van der Waals surface area contributed by atoms with Crippen molar-refractivity contribution >= 4 is 11.7 Å². The lowest BCUT2D eigenvalue weighted by Gasteiger charge is -2.26. The summed E-state index contributed by atoms with van der Waals surface area (Å²) in [7, 11) is 0. The second-order valence-corrected chi connectivity index (χ2v) is 4.08. The van der Waals surface area contributed by atoms with Crippen molar-refractivity contribution in [3.8, 4) is 0 Å². The number of amides is 2. The molecule has 0 aromatic heterocycles. The van der Waals surface area contributed by atoms with Crippen LogP contribution in [-0.4, -0.2) is 35.0 Å². The van der Waals surface area contributed by atoms with E-state index in [1.165, 1.54) is 6.92 Å². The third kappa shape index (κ3) is 3.64. The van der Waals surface area contributed by atoms with E-state index in [0.717, 1.165) is 18.2 Å². The van der Waals surface area contributed by atoms with Crippen LogP contribution in [0.5, 0.6) is 0 Å². The van der Waals surface area contributed by atoms with Crippen LogP contribution in [0.15, 0.2) is 18.2 Å². The van der Waals surface area contributed by atoms with Crippen LogP contribution in [0.25, 0.3) is 0 Å². The smallest absolute Gasteiger partial charge is 0.319 e. The van der Waals surface area contributed by atoms with Gasteiger partial charge in [0.15, 0.2) is 0 Å². The number of halogens is 2. The Balaban J connectivity index is 2.73. The largest absolute Gasteiger partial charge is 0.394 e. The summed E-state index contributed by atoms with van der Waals surface area (Å²) in [6.07, 6.45) is 0. The van der Waals surface area contributed by atoms with Gasteiger partial charge in [0.2, 0.25) is 0 Å². The molecule has 1 aromatic carbocycles. The van der Waals surface area contributed by atoms with E-state index in [-0.39, 0.29) is 5.69 Å². The third-order valence-corrected chi connectivity index (χ3v) is 2.29. The zero-order chi connectivity index (χ0) is 13.8. The van der Waals surface area contributed by atoms with E-state index in [1.807, 2.05) is 0 Å². The van der Waals surface area contributed by atoms with Gasteiger partial charge in [0.1, 0.15) is 11.6 Å². The van der Waals surface area contributed by atoms with E-state index in [9.17, 15) is 13.6 Å². The second-order valence-electron chi connectivity index (χ2n) is 4.08. The van der Waals surface area contributed by atoms with Crippen molar-refractivity contribution in [2.24, 2.45) is 0 Å². The number of urea groups is 1. The predicted molar refractivity (Wildman–Crippen MR) is 61.1 cm³/mol. The van der Waals surface area contributed by atoms with Crippen LogP contribution in [0, 0.1) is 11.6 Å². The minimum absolute atomic E-state index is 0.328. The van der Waals surface area contributed by atoms with Crippen LogP contribution in [-0.2, 0) is 0 Å². The number of carbonyl (C=O) groups is 1. The summed E-state index contributed by atoms with van der Waals surface area (Å²) in [6, 6.07) is 1.76. The number of nitrogens with one attached hydrogen (secondary N) is 2. The molecule has 0 heterocycles. The van der Waals surface area contributed by atoms with Crippen molar-refractivity contribution in [1.82, 2.24) is 5.32 Å². The summed E-state index contributed by atoms with van der Waals surface area (Å²) in [5, 5.41) is 22.3. The summed E-state index contributed by atoms with van der Waals surface area (Å²) in [6.45, 7) is 0.402. The molecule has 0 fully saturated rings. The quantitative estimate of drug-likeness (QED) is 0.647. The van der Waals surface area contributed by atoms with Crippen LogP contribution in [0.2, 0.25) is 0 Å². The van der Waals surface area contributed by atoms with E-state index >= 15 is 0 Å². The van der Waals surface area contributed by atoms with E-state index in [4.69, 9.17) is 10.2 Å². The minimum atomic E-state index is -1.24. The Hall–Kier alpha value is -1.73. The Kier molecular flexibility index (Phi) is 4.57. The van der Waals surface area contributed by atoms with Crippen molar-refractivity contribution in [3.63, 3.8) is 0 Å². The number of aliphatic hydroxyl groups excluding tert-OH is 2. The Morgan fingerprint density at radius 2 is 1.94 bits per heavy atom. The number of rotatable bonds is 4. The van der Waals surface area contributed by atoms with E-state index < -0.39 is 36.4 Å². The summed E-state index contributed by atoms with van der Waals surface area (Å²) >= 11 is 0. The van der Waals surface area contributed by atoms with Gasteiger partial charge in [-0.05, 0) is 19.1 Å². The maximum atomic E-state index is 13.2. The van der Waals surface area contributed by atoms with Gasteiger partial charge in [0.25, 0.3) is 0 Å². The number of aliphatic hydroxyl groups is 2. The molecule has 100 valence electrons. The Morgan fingerprint density at radius 1 is 1.33 bits per heavy atom. The highest BCUT2D eigenvalue weighted by atomic mass is 19.1. The molecule has 0 atom stereocenters. The maximum Gasteiger partial charge on any atom is 0.319 e. The van der Waals surface area contributed by atoms with Gasteiger partial charge in [-0.25, -0.2) is 13.6 Å². The maximum absolute atomic E-state index is 13.2. The van der Waals surface area contributed by atoms with Gasteiger partial charge in [0.05, 0.1) is 24.4 Å². The van der Waals surface area contributed by atoms with Crippen molar-refractivity contribution in [1.29, 1.82) is 0 Å². The molecule has 0 unspecified atom stereocenters. The van der Waals surface area contributed by atoms with E-state index in [0.29, 0.717) is 0 Å². The summed E-state index contributed by atoms with van der Waals surface area (Å²) < 4.78 is 26.1. The monoisotopic (exact) mass is 260 g/mol. The minimum Gasteiger partial charge on any atom is -0.394 e. The average Bonchev–Trinajstić information content (AvgIpc) is 2.33. The SMILES string of the molecule is CC(CO)(CO)NC(=O)Nc1cc(F)ccc1F. The topological polar surface area (TPSA) is 81.6 Å². The van der Waals surface area contributed by atoms with E-state index in [2.05, 4.69) is 10.6 Å². The molecular formula is C11H14F2N2O3. The standard InChI is InChI=1S/C11H14F2N2O3/c1-11(5-16,6-17)15-10(18)14-9-4-7(12)2-3-8(9)13/h2-4,16-17H,5-6H2,1H3,(H2,14,15,18). The first-order valence-electron chi connectivity index (χ1n) is 5.16. The summed E-state index contributed by atoms with van der Waals surface area (Å²) in [5.41, 5.74) is -1.57. The zero-order valence-corrected chi connectivity index (χ0v) is 9.70. The molecule has 0 saturated heterocycles. The normalized spacial score (nSPS) is 11.2. The molecule has 5 nitrogen and oxygen atoms in total. The molecule has 1 aromatic rings. The van der Waals surface area contributed by atoms with Crippen molar-refractivity contribution in [3.05, 3.63) is 29.8 Å². The molecule has 0 aliphatic carbocycles. The molecule has 0 bridgehead atoms. The molecule has 0 aliphatic heterocycles. The van der Waals surface area contributed by atoms with Gasteiger partial charge < -0.3 is 20.8 Å². The average molecular weight is 260 g/mol. The molecule has 0 aliphatic rings. The lowest BCUT2D eigenvalue weighted by molar-refractivity contribution is 0.111. The fraction of sp³-hybridized carbons (Fsp3) is 0.364. The Morgan fingerprint density at radius 3 is 2.50 bits per heavy atom. The number of carbonyl (C=O) groups excluding carboxylic acids is 1. The van der Waals surface area contributed by atoms with Gasteiger partial charge in [-0.15, -0.1) is 0 Å². The summed E-state index contributed by atoms with van der Waals surface area (Å²) in [5.74, 6) is -1.49. The molecule has 4 N–H and O–H groups in total. The van der Waals surface area contributed by atoms with Crippen LogP contribution in [0.1, 0.15) is 6.92 Å². The molecule has 0 spiro atoms. The molecular weight excluding hydrogens is 246 g/mol. The molecule has 2 amide bonds. The lowest BCUT2D eigenvalue weighted by Crippen LogP contribution is -2.53. The molecule has 18 heavy (non-hydrogen) atoms. The van der Waals surface area contributed by atoms with E-state index in [1.54, 1.807) is 0 Å². The second kappa shape index (κ2) is 5.74. The first kappa shape index (κ1) is 14.3. The van der Waals surface area contributed by atoms with Gasteiger partial charge >= 0.3 is 6.03 Å². The zero-order valence-electron chi connectivity index (χ0n) is 9.70. The van der Waals surface area contributed by atoms with Gasteiger partial charge in [-0.2, -0.15) is 0 Å². The molecule has 0 radical (unpaired) electrons. The molecule has 1 rings (SSSR count). The highest BCUT2D eigenvalue weighted by Crippen LogP contribution is 2.15. The van der Waals surface area contributed by atoms with Gasteiger partial charge in [-0.1, -0.05) is 0 Å². The number of hydrogen-bond acceptors (Lipinski definition) is 3. The number of anilines is 1. The highest BCUT2D eigenvalue weighted by Gasteiger charge is 2.24. The van der Waals surface area contributed by atoms with Crippen molar-refractivity contribution in [2.75, 3.05) is 18.5 Å². The van der Waals surface area contributed by atoms with Crippen LogP contribution < -0.4 is 10.6 Å². The van der Waals surface area contributed by atoms with Gasteiger partial charge in [-0.3, -0.25) is 0 Å². The Labute approximate surface area is 102 Å². The first-order chi connectivity index (χ1) is 8.40. The Bertz CT molecular complexity index is 436. The third-order valence-electron chi connectivity index (χ3n) is 2.29. The van der Waals surface area contributed by atoms with Crippen LogP contribution in [0.3, 0.4) is 0 Å². The fourth-order valence-corrected chi connectivity index (χ4v) is 1.15. The molecule has 7 heteroatoms. The fourth-order valence-electron chi connectivity index (χ4n) is 1.15. The number of hydrogen-bond donors (Lipinski definition) is 4. The lowest BCUT2D eigenvalue weighted by atomic mass is 10.1. The van der Waals surface area contributed by atoms with Crippen molar-refractivity contribution < 1.29 is 23.8 Å². The van der Waals surface area contributed by atoms with Crippen LogP contribution in [0.4, 0.5) is 19.3 Å². The first-order valence-corrected chi connectivity index (χ1v) is 5.16. The van der Waals surface area contributed by atoms with Gasteiger partial charge in [0, 0.05) is 6.07 Å². The number of benzene rings is 1. The summed E-state index contributed by atoms with van der Waals surface area (Å²) in [4.78, 5) is 11.5. The van der Waals surface area contributed by atoms with Crippen LogP contribution >= 0.6 is 0 Å².